The van der Waals surface area contributed by atoms with E-state index >= 15 is 0 Å². The van der Waals surface area contributed by atoms with Crippen LogP contribution in [0.2, 0.25) is 0 Å². The second-order valence-corrected chi connectivity index (χ2v) is 8.07. The minimum absolute atomic E-state index is 0.220. The molecule has 1 N–H and O–H groups in total. The number of benzene rings is 3. The van der Waals surface area contributed by atoms with E-state index in [0.717, 1.165) is 28.2 Å². The van der Waals surface area contributed by atoms with Gasteiger partial charge in [-0.25, -0.2) is 0 Å². The first-order valence-corrected chi connectivity index (χ1v) is 11.4. The molecule has 0 bridgehead atoms. The molecule has 0 radical (unpaired) electrons. The van der Waals surface area contributed by atoms with E-state index in [4.69, 9.17) is 26.4 Å². The Morgan fingerprint density at radius 1 is 1.00 bits per heavy atom. The third-order valence-electron chi connectivity index (χ3n) is 5.38. The van der Waals surface area contributed by atoms with Crippen LogP contribution in [0.3, 0.4) is 0 Å². The van der Waals surface area contributed by atoms with E-state index in [2.05, 4.69) is 5.32 Å². The number of hydrogen-bond acceptors (Lipinski definition) is 5. The fraction of sp³-hybridized carbons (Fsp3) is 0.185. The highest BCUT2D eigenvalue weighted by molar-refractivity contribution is 7.80. The Kier molecular flexibility index (Phi) is 7.13. The third kappa shape index (κ3) is 5.05. The number of methoxy groups -OCH3 is 1. The maximum atomic E-state index is 13.1. The first-order chi connectivity index (χ1) is 16.5. The predicted molar refractivity (Wildman–Crippen MR) is 137 cm³/mol. The van der Waals surface area contributed by atoms with Gasteiger partial charge < -0.3 is 19.5 Å². The zero-order valence-electron chi connectivity index (χ0n) is 19.3. The summed E-state index contributed by atoms with van der Waals surface area (Å²) in [7, 11) is 1.62. The van der Waals surface area contributed by atoms with Crippen molar-refractivity contribution in [2.24, 2.45) is 0 Å². The van der Waals surface area contributed by atoms with Gasteiger partial charge in [0.2, 0.25) is 0 Å². The molecule has 6 nitrogen and oxygen atoms in total. The van der Waals surface area contributed by atoms with E-state index < -0.39 is 0 Å². The van der Waals surface area contributed by atoms with Crippen molar-refractivity contribution in [3.8, 4) is 17.2 Å². The van der Waals surface area contributed by atoms with Gasteiger partial charge in [0, 0.05) is 5.56 Å². The molecule has 34 heavy (non-hydrogen) atoms. The van der Waals surface area contributed by atoms with E-state index in [1.807, 2.05) is 80.6 Å². The highest BCUT2D eigenvalue weighted by Gasteiger charge is 2.32. The van der Waals surface area contributed by atoms with Crippen LogP contribution >= 0.6 is 12.2 Å². The van der Waals surface area contributed by atoms with E-state index in [1.165, 1.54) is 4.90 Å². The average Bonchev–Trinajstić information content (AvgIpc) is 3.12. The van der Waals surface area contributed by atoms with Crippen LogP contribution in [0.15, 0.2) is 72.4 Å². The van der Waals surface area contributed by atoms with Crippen molar-refractivity contribution < 1.29 is 19.0 Å². The summed E-state index contributed by atoms with van der Waals surface area (Å²) >= 11 is 5.43. The largest absolute Gasteiger partial charge is 0.496 e. The van der Waals surface area contributed by atoms with Crippen LogP contribution in [0.4, 0.5) is 5.69 Å². The van der Waals surface area contributed by atoms with Gasteiger partial charge in [-0.1, -0.05) is 24.3 Å². The Bertz CT molecular complexity index is 1240. The van der Waals surface area contributed by atoms with Crippen molar-refractivity contribution in [2.45, 2.75) is 20.5 Å². The van der Waals surface area contributed by atoms with Gasteiger partial charge in [0.15, 0.2) is 5.11 Å². The van der Waals surface area contributed by atoms with Crippen molar-refractivity contribution in [1.29, 1.82) is 0 Å². The molecule has 0 saturated carbocycles. The molecule has 1 fully saturated rings. The molecule has 4 rings (SSSR count). The standard InChI is InChI=1S/C27H26N2O4S/c1-4-32-22-12-10-21(11-13-22)29-26(30)23(28-27(29)34)16-19-9-14-25(31-3)20(15-19)17-33-24-8-6-5-7-18(24)2/h5-16H,4,17H2,1-3H3,(H,28,34)/b23-16+. The zero-order chi connectivity index (χ0) is 24.1. The molecule has 1 aliphatic rings. The summed E-state index contributed by atoms with van der Waals surface area (Å²) in [4.78, 5) is 14.6. The minimum atomic E-state index is -0.220. The van der Waals surface area contributed by atoms with Crippen LogP contribution in [-0.4, -0.2) is 24.7 Å². The number of thiocarbonyl (C=S) groups is 1. The fourth-order valence-electron chi connectivity index (χ4n) is 3.67. The van der Waals surface area contributed by atoms with Crippen molar-refractivity contribution >= 4 is 35.0 Å². The SMILES string of the molecule is CCOc1ccc(N2C(=O)/C(=C\c3ccc(OC)c(COc4ccccc4C)c3)NC2=S)cc1. The first-order valence-electron chi connectivity index (χ1n) is 11.0. The average molecular weight is 475 g/mol. The Hall–Kier alpha value is -3.84. The molecule has 1 amide bonds. The van der Waals surface area contributed by atoms with Crippen LogP contribution < -0.4 is 24.4 Å². The topological polar surface area (TPSA) is 60.0 Å². The Morgan fingerprint density at radius 2 is 1.76 bits per heavy atom. The molecule has 174 valence electrons. The smallest absolute Gasteiger partial charge is 0.281 e. The summed E-state index contributed by atoms with van der Waals surface area (Å²) in [6, 6.07) is 20.8. The number of nitrogens with zero attached hydrogens (tertiary/aromatic N) is 1. The lowest BCUT2D eigenvalue weighted by molar-refractivity contribution is -0.113. The molecule has 0 aromatic heterocycles. The highest BCUT2D eigenvalue weighted by Crippen LogP contribution is 2.27. The number of hydrogen-bond donors (Lipinski definition) is 1. The molecule has 0 spiro atoms. The number of anilines is 1. The number of rotatable bonds is 8. The quantitative estimate of drug-likeness (QED) is 0.356. The van der Waals surface area contributed by atoms with Gasteiger partial charge >= 0.3 is 0 Å². The number of amides is 1. The lowest BCUT2D eigenvalue weighted by Crippen LogP contribution is -2.30. The van der Waals surface area contributed by atoms with Crippen LogP contribution in [0, 0.1) is 6.92 Å². The van der Waals surface area contributed by atoms with Gasteiger partial charge in [0.05, 0.1) is 19.4 Å². The van der Waals surface area contributed by atoms with E-state index in [0.29, 0.717) is 35.5 Å². The van der Waals surface area contributed by atoms with Crippen LogP contribution in [-0.2, 0) is 11.4 Å². The molecule has 0 unspecified atom stereocenters. The monoisotopic (exact) mass is 474 g/mol. The van der Waals surface area contributed by atoms with E-state index in [9.17, 15) is 4.79 Å². The number of carbonyl (C=O) groups excluding carboxylic acids is 1. The lowest BCUT2D eigenvalue weighted by Gasteiger charge is -2.14. The fourth-order valence-corrected chi connectivity index (χ4v) is 3.97. The normalized spacial score (nSPS) is 14.3. The van der Waals surface area contributed by atoms with Crippen molar-refractivity contribution in [3.05, 3.63) is 89.1 Å². The van der Waals surface area contributed by atoms with Gasteiger partial charge in [-0.15, -0.1) is 0 Å². The second kappa shape index (κ2) is 10.4. The molecular formula is C27H26N2O4S. The second-order valence-electron chi connectivity index (χ2n) is 7.68. The van der Waals surface area contributed by atoms with E-state index in [-0.39, 0.29) is 5.91 Å². The summed E-state index contributed by atoms with van der Waals surface area (Å²) in [5.41, 5.74) is 3.84. The van der Waals surface area contributed by atoms with Crippen molar-refractivity contribution in [2.75, 3.05) is 18.6 Å². The molecule has 3 aromatic rings. The zero-order valence-corrected chi connectivity index (χ0v) is 20.1. The molecule has 0 atom stereocenters. The summed E-state index contributed by atoms with van der Waals surface area (Å²) in [6.07, 6.45) is 1.78. The maximum absolute atomic E-state index is 13.1. The van der Waals surface area contributed by atoms with Gasteiger partial charge in [0.1, 0.15) is 29.6 Å². The van der Waals surface area contributed by atoms with Gasteiger partial charge in [0.25, 0.3) is 5.91 Å². The Morgan fingerprint density at radius 3 is 2.47 bits per heavy atom. The van der Waals surface area contributed by atoms with Crippen molar-refractivity contribution in [3.63, 3.8) is 0 Å². The Labute approximate surface area is 204 Å². The minimum Gasteiger partial charge on any atom is -0.496 e. The molecule has 1 heterocycles. The van der Waals surface area contributed by atoms with Crippen molar-refractivity contribution in [1.82, 2.24) is 5.32 Å². The Balaban J connectivity index is 1.55. The van der Waals surface area contributed by atoms with Gasteiger partial charge in [-0.05, 0) is 85.7 Å². The number of carbonyl (C=O) groups is 1. The van der Waals surface area contributed by atoms with E-state index in [1.54, 1.807) is 13.2 Å². The molecule has 3 aromatic carbocycles. The number of aryl methyl sites for hydroxylation is 1. The predicted octanol–water partition coefficient (Wildman–Crippen LogP) is 5.24. The molecule has 7 heteroatoms. The number of para-hydroxylation sites is 1. The lowest BCUT2D eigenvalue weighted by atomic mass is 10.1. The van der Waals surface area contributed by atoms with Crippen LogP contribution in [0.25, 0.3) is 6.08 Å². The van der Waals surface area contributed by atoms with Gasteiger partial charge in [-0.2, -0.15) is 0 Å². The molecule has 0 aliphatic carbocycles. The third-order valence-corrected chi connectivity index (χ3v) is 5.66. The van der Waals surface area contributed by atoms with Gasteiger partial charge in [-0.3, -0.25) is 9.69 Å². The molecule has 1 saturated heterocycles. The molecular weight excluding hydrogens is 448 g/mol. The summed E-state index contributed by atoms with van der Waals surface area (Å²) in [6.45, 7) is 4.84. The first kappa shape index (κ1) is 23.3. The maximum Gasteiger partial charge on any atom is 0.281 e. The van der Waals surface area contributed by atoms with Crippen LogP contribution in [0.5, 0.6) is 17.2 Å². The summed E-state index contributed by atoms with van der Waals surface area (Å²) in [5, 5.41) is 3.36. The number of nitrogens with one attached hydrogen (secondary N) is 1. The summed E-state index contributed by atoms with van der Waals surface area (Å²) < 4.78 is 17.0. The summed E-state index contributed by atoms with van der Waals surface area (Å²) in [5.74, 6) is 2.05. The molecule has 1 aliphatic heterocycles. The number of ether oxygens (including phenoxy) is 3. The van der Waals surface area contributed by atoms with Crippen LogP contribution in [0.1, 0.15) is 23.6 Å². The highest BCUT2D eigenvalue weighted by atomic mass is 32.1.